The predicted octanol–water partition coefficient (Wildman–Crippen LogP) is 5.87. The number of ether oxygens (including phenoxy) is 1. The van der Waals surface area contributed by atoms with Gasteiger partial charge in [0.05, 0.1) is 4.91 Å². The van der Waals surface area contributed by atoms with Crippen LogP contribution >= 0.6 is 11.8 Å². The van der Waals surface area contributed by atoms with Gasteiger partial charge in [-0.1, -0.05) is 67.6 Å². The van der Waals surface area contributed by atoms with Crippen LogP contribution in [0.2, 0.25) is 0 Å². The average Bonchev–Trinajstić information content (AvgIpc) is 3.01. The van der Waals surface area contributed by atoms with Crippen LogP contribution in [-0.2, 0) is 11.4 Å². The van der Waals surface area contributed by atoms with Gasteiger partial charge in [0.2, 0.25) is 0 Å². The van der Waals surface area contributed by atoms with Gasteiger partial charge in [0, 0.05) is 12.1 Å². The van der Waals surface area contributed by atoms with Crippen LogP contribution < -0.4 is 4.74 Å². The lowest BCUT2D eigenvalue weighted by Gasteiger charge is -2.12. The molecule has 1 heterocycles. The largest absolute Gasteiger partial charge is 0.488 e. The molecule has 29 heavy (non-hydrogen) atoms. The molecule has 0 saturated carbocycles. The fourth-order valence-corrected chi connectivity index (χ4v) is 4.22. The number of imide groups is 1. The molecule has 1 aliphatic rings. The summed E-state index contributed by atoms with van der Waals surface area (Å²) in [4.78, 5) is 26.4. The topological polar surface area (TPSA) is 46.6 Å². The van der Waals surface area contributed by atoms with Crippen molar-refractivity contribution in [3.05, 3.63) is 82.8 Å². The molecule has 1 fully saturated rings. The third-order valence-corrected chi connectivity index (χ3v) is 5.70. The lowest BCUT2D eigenvalue weighted by atomic mass is 10.1. The van der Waals surface area contributed by atoms with E-state index in [1.54, 1.807) is 6.08 Å². The van der Waals surface area contributed by atoms with Crippen LogP contribution in [0.5, 0.6) is 5.75 Å². The minimum Gasteiger partial charge on any atom is -0.488 e. The van der Waals surface area contributed by atoms with Crippen molar-refractivity contribution >= 4 is 39.8 Å². The van der Waals surface area contributed by atoms with E-state index in [9.17, 15) is 9.59 Å². The van der Waals surface area contributed by atoms with E-state index in [2.05, 4.69) is 24.3 Å². The first-order chi connectivity index (χ1) is 14.2. The van der Waals surface area contributed by atoms with Gasteiger partial charge in [0.1, 0.15) is 12.4 Å². The molecular weight excluding hydrogens is 382 g/mol. The van der Waals surface area contributed by atoms with E-state index >= 15 is 0 Å². The monoisotopic (exact) mass is 403 g/mol. The highest BCUT2D eigenvalue weighted by atomic mass is 32.2. The number of rotatable bonds is 6. The Morgan fingerprint density at radius 1 is 0.966 bits per heavy atom. The number of hydrogen-bond acceptors (Lipinski definition) is 4. The number of nitrogens with zero attached hydrogens (tertiary/aromatic N) is 1. The normalized spacial score (nSPS) is 15.5. The quantitative estimate of drug-likeness (QED) is 0.483. The maximum Gasteiger partial charge on any atom is 0.293 e. The zero-order valence-corrected chi connectivity index (χ0v) is 16.9. The van der Waals surface area contributed by atoms with Gasteiger partial charge in [-0.2, -0.15) is 0 Å². The summed E-state index contributed by atoms with van der Waals surface area (Å²) in [7, 11) is 0. The lowest BCUT2D eigenvalue weighted by Crippen LogP contribution is -2.28. The van der Waals surface area contributed by atoms with Crippen molar-refractivity contribution in [1.29, 1.82) is 0 Å². The van der Waals surface area contributed by atoms with Crippen molar-refractivity contribution in [2.45, 2.75) is 20.0 Å². The van der Waals surface area contributed by atoms with E-state index in [0.717, 1.165) is 34.7 Å². The van der Waals surface area contributed by atoms with Crippen molar-refractivity contribution < 1.29 is 14.3 Å². The van der Waals surface area contributed by atoms with Gasteiger partial charge in [-0.3, -0.25) is 14.5 Å². The SMILES string of the molecule is CCCN1C(=O)S/C(=C/c2ccccc2OCc2cccc3ccccc23)C1=O. The molecule has 1 saturated heterocycles. The first-order valence-corrected chi connectivity index (χ1v) is 10.4. The van der Waals surface area contributed by atoms with Gasteiger partial charge in [-0.15, -0.1) is 0 Å². The number of carbonyl (C=O) groups is 2. The Kier molecular flexibility index (Phi) is 5.67. The molecule has 3 aromatic carbocycles. The first-order valence-electron chi connectivity index (χ1n) is 9.61. The second-order valence-corrected chi connectivity index (χ2v) is 7.79. The first kappa shape index (κ1) is 19.3. The second kappa shape index (κ2) is 8.53. The van der Waals surface area contributed by atoms with E-state index in [0.29, 0.717) is 23.8 Å². The predicted molar refractivity (Wildman–Crippen MR) is 118 cm³/mol. The summed E-state index contributed by atoms with van der Waals surface area (Å²) in [5.74, 6) is 0.452. The number of hydrogen-bond donors (Lipinski definition) is 0. The second-order valence-electron chi connectivity index (χ2n) is 6.80. The zero-order valence-electron chi connectivity index (χ0n) is 16.1. The summed E-state index contributed by atoms with van der Waals surface area (Å²) in [5, 5.41) is 2.12. The maximum atomic E-state index is 12.5. The molecule has 2 amide bonds. The van der Waals surface area contributed by atoms with Gasteiger partial charge in [0.25, 0.3) is 11.1 Å². The smallest absolute Gasteiger partial charge is 0.293 e. The van der Waals surface area contributed by atoms with Crippen LogP contribution in [0.1, 0.15) is 24.5 Å². The van der Waals surface area contributed by atoms with E-state index in [1.807, 2.05) is 49.4 Å². The van der Waals surface area contributed by atoms with Crippen LogP contribution in [0.25, 0.3) is 16.8 Å². The Morgan fingerprint density at radius 2 is 1.72 bits per heavy atom. The van der Waals surface area contributed by atoms with Gasteiger partial charge in [-0.05, 0) is 46.7 Å². The van der Waals surface area contributed by atoms with Crippen LogP contribution in [0, 0.1) is 0 Å². The molecule has 4 nitrogen and oxygen atoms in total. The van der Waals surface area contributed by atoms with Gasteiger partial charge in [0.15, 0.2) is 0 Å². The van der Waals surface area contributed by atoms with Crippen LogP contribution in [-0.4, -0.2) is 22.6 Å². The summed E-state index contributed by atoms with van der Waals surface area (Å²) in [6.45, 7) is 2.81. The van der Waals surface area contributed by atoms with E-state index in [4.69, 9.17) is 4.74 Å². The van der Waals surface area contributed by atoms with E-state index in [-0.39, 0.29) is 11.1 Å². The minimum atomic E-state index is -0.231. The van der Waals surface area contributed by atoms with Crippen LogP contribution in [0.3, 0.4) is 0 Å². The highest BCUT2D eigenvalue weighted by molar-refractivity contribution is 8.18. The molecule has 1 aliphatic heterocycles. The Hall–Kier alpha value is -3.05. The third kappa shape index (κ3) is 4.05. The van der Waals surface area contributed by atoms with Crippen molar-refractivity contribution in [1.82, 2.24) is 4.90 Å². The number of benzene rings is 3. The Labute approximate surface area is 174 Å². The fraction of sp³-hybridized carbons (Fsp3) is 0.167. The maximum absolute atomic E-state index is 12.5. The third-order valence-electron chi connectivity index (χ3n) is 4.79. The number of carbonyl (C=O) groups excluding carboxylic acids is 2. The highest BCUT2D eigenvalue weighted by Gasteiger charge is 2.34. The van der Waals surface area contributed by atoms with Gasteiger partial charge >= 0.3 is 0 Å². The molecule has 0 aliphatic carbocycles. The van der Waals surface area contributed by atoms with E-state index in [1.165, 1.54) is 10.3 Å². The average molecular weight is 404 g/mol. The molecule has 146 valence electrons. The molecule has 0 atom stereocenters. The number of para-hydroxylation sites is 1. The Bertz CT molecular complexity index is 1100. The van der Waals surface area contributed by atoms with Crippen molar-refractivity contribution in [3.63, 3.8) is 0 Å². The number of thioether (sulfide) groups is 1. The fourth-order valence-electron chi connectivity index (χ4n) is 3.36. The summed E-state index contributed by atoms with van der Waals surface area (Å²) in [6, 6.07) is 21.9. The van der Waals surface area contributed by atoms with Gasteiger partial charge in [-0.25, -0.2) is 0 Å². The molecule has 0 radical (unpaired) electrons. The van der Waals surface area contributed by atoms with Crippen LogP contribution in [0.15, 0.2) is 71.6 Å². The molecule has 0 N–H and O–H groups in total. The molecular formula is C24H21NO3S. The summed E-state index contributed by atoms with van der Waals surface area (Å²) in [6.07, 6.45) is 2.50. The van der Waals surface area contributed by atoms with Crippen LogP contribution in [0.4, 0.5) is 4.79 Å². The highest BCUT2D eigenvalue weighted by Crippen LogP contribution is 2.34. The molecule has 0 bridgehead atoms. The van der Waals surface area contributed by atoms with Crippen molar-refractivity contribution in [3.8, 4) is 5.75 Å². The Morgan fingerprint density at radius 3 is 2.59 bits per heavy atom. The molecule has 5 heteroatoms. The summed E-state index contributed by atoms with van der Waals surface area (Å²) < 4.78 is 6.11. The number of amides is 2. The van der Waals surface area contributed by atoms with Crippen molar-refractivity contribution in [2.24, 2.45) is 0 Å². The molecule has 3 aromatic rings. The molecule has 0 unspecified atom stereocenters. The Balaban J connectivity index is 1.58. The summed E-state index contributed by atoms with van der Waals surface area (Å²) in [5.41, 5.74) is 1.89. The standard InChI is InChI=1S/C24H21NO3S/c1-2-14-25-23(26)22(29-24(25)27)15-18-9-4-6-13-21(18)28-16-19-11-7-10-17-8-3-5-12-20(17)19/h3-13,15H,2,14,16H2,1H3/b22-15+. The molecule has 0 aromatic heterocycles. The molecule has 0 spiro atoms. The minimum absolute atomic E-state index is 0.211. The van der Waals surface area contributed by atoms with Gasteiger partial charge < -0.3 is 4.74 Å². The zero-order chi connectivity index (χ0) is 20.2. The lowest BCUT2D eigenvalue weighted by molar-refractivity contribution is -0.122. The van der Waals surface area contributed by atoms with E-state index < -0.39 is 0 Å². The van der Waals surface area contributed by atoms with Crippen molar-refractivity contribution in [2.75, 3.05) is 6.54 Å². The number of fused-ring (bicyclic) bond motifs is 1. The summed E-state index contributed by atoms with van der Waals surface area (Å²) >= 11 is 0.985. The molecule has 4 rings (SSSR count).